The van der Waals surface area contributed by atoms with Gasteiger partial charge in [0.1, 0.15) is 5.82 Å². The fraction of sp³-hybridized carbons (Fsp3) is 0.400. The third-order valence-corrected chi connectivity index (χ3v) is 3.26. The molecule has 1 aliphatic rings. The summed E-state index contributed by atoms with van der Waals surface area (Å²) in [6.07, 6.45) is 2.23. The van der Waals surface area contributed by atoms with Gasteiger partial charge in [-0.15, -0.1) is 0 Å². The predicted molar refractivity (Wildman–Crippen MR) is 50.8 cm³/mol. The fourth-order valence-corrected chi connectivity index (χ4v) is 2.49. The van der Waals surface area contributed by atoms with Crippen LogP contribution in [0.25, 0.3) is 0 Å². The lowest BCUT2D eigenvalue weighted by molar-refractivity contribution is 0.622. The maximum absolute atomic E-state index is 13.0. The van der Waals surface area contributed by atoms with Gasteiger partial charge in [-0.3, -0.25) is 0 Å². The highest BCUT2D eigenvalue weighted by molar-refractivity contribution is 9.10. The zero-order chi connectivity index (χ0) is 8.72. The molecule has 12 heavy (non-hydrogen) atoms. The van der Waals surface area contributed by atoms with Crippen molar-refractivity contribution >= 4 is 15.9 Å². The van der Waals surface area contributed by atoms with Crippen molar-refractivity contribution in [3.05, 3.63) is 33.5 Å². The second kappa shape index (κ2) is 2.84. The predicted octanol–water partition coefficient (Wildman–Crippen LogP) is 3.64. The molecule has 1 aromatic carbocycles. The molecule has 0 saturated carbocycles. The zero-order valence-electron chi connectivity index (χ0n) is 6.90. The van der Waals surface area contributed by atoms with Gasteiger partial charge in [0.25, 0.3) is 0 Å². The Morgan fingerprint density at radius 3 is 3.00 bits per heavy atom. The maximum Gasteiger partial charge on any atom is 0.124 e. The normalized spacial score (nSPS) is 21.1. The van der Waals surface area contributed by atoms with Gasteiger partial charge in [-0.25, -0.2) is 4.39 Å². The van der Waals surface area contributed by atoms with Crippen molar-refractivity contribution in [1.29, 1.82) is 0 Å². The summed E-state index contributed by atoms with van der Waals surface area (Å²) in [4.78, 5) is 0. The van der Waals surface area contributed by atoms with E-state index < -0.39 is 0 Å². The second-order valence-electron chi connectivity index (χ2n) is 3.40. The van der Waals surface area contributed by atoms with E-state index in [0.29, 0.717) is 5.92 Å². The molecule has 0 N–H and O–H groups in total. The molecule has 0 aliphatic heterocycles. The first kappa shape index (κ1) is 8.24. The summed E-state index contributed by atoms with van der Waals surface area (Å²) in [7, 11) is 0. The Bertz CT molecular complexity index is 320. The fourth-order valence-electron chi connectivity index (χ4n) is 1.84. The van der Waals surface area contributed by atoms with E-state index in [1.807, 2.05) is 0 Å². The minimum absolute atomic E-state index is 0.130. The lowest BCUT2D eigenvalue weighted by atomic mass is 10.0. The number of halogens is 2. The Balaban J connectivity index is 2.60. The average molecular weight is 229 g/mol. The molecular formula is C10H10BrF. The van der Waals surface area contributed by atoms with E-state index >= 15 is 0 Å². The third-order valence-electron chi connectivity index (χ3n) is 2.55. The minimum Gasteiger partial charge on any atom is -0.207 e. The highest BCUT2D eigenvalue weighted by Crippen LogP contribution is 2.37. The van der Waals surface area contributed by atoms with Gasteiger partial charge >= 0.3 is 0 Å². The van der Waals surface area contributed by atoms with Gasteiger partial charge < -0.3 is 0 Å². The molecule has 2 rings (SSSR count). The maximum atomic E-state index is 13.0. The first-order valence-corrected chi connectivity index (χ1v) is 4.95. The van der Waals surface area contributed by atoms with Crippen LogP contribution in [0.3, 0.4) is 0 Å². The molecule has 0 amide bonds. The van der Waals surface area contributed by atoms with Gasteiger partial charge in [-0.05, 0) is 42.0 Å². The Morgan fingerprint density at radius 2 is 2.25 bits per heavy atom. The number of hydrogen-bond donors (Lipinski definition) is 0. The van der Waals surface area contributed by atoms with E-state index in [2.05, 4.69) is 22.9 Å². The summed E-state index contributed by atoms with van der Waals surface area (Å²) in [5, 5.41) is 0. The van der Waals surface area contributed by atoms with Crippen LogP contribution in [0, 0.1) is 5.82 Å². The molecule has 1 aliphatic carbocycles. The van der Waals surface area contributed by atoms with Gasteiger partial charge in [0.15, 0.2) is 0 Å². The van der Waals surface area contributed by atoms with Crippen molar-refractivity contribution < 1.29 is 4.39 Å². The number of benzene rings is 1. The Labute approximate surface area is 79.9 Å². The molecule has 0 aromatic heterocycles. The van der Waals surface area contributed by atoms with Crippen molar-refractivity contribution in [2.45, 2.75) is 25.7 Å². The van der Waals surface area contributed by atoms with Crippen LogP contribution < -0.4 is 0 Å². The highest BCUT2D eigenvalue weighted by Gasteiger charge is 2.21. The summed E-state index contributed by atoms with van der Waals surface area (Å²) in [5.74, 6) is 0.390. The second-order valence-corrected chi connectivity index (χ2v) is 4.25. The molecule has 0 fully saturated rings. The minimum atomic E-state index is -0.130. The standard InChI is InChI=1S/C10H10BrF/c1-6-2-3-8-9(6)4-7(12)5-10(8)11/h4-6H,2-3H2,1H3. The van der Waals surface area contributed by atoms with Crippen LogP contribution in [0.5, 0.6) is 0 Å². The topological polar surface area (TPSA) is 0 Å². The summed E-state index contributed by atoms with van der Waals surface area (Å²) in [6, 6.07) is 3.22. The van der Waals surface area contributed by atoms with Crippen LogP contribution in [0.4, 0.5) is 4.39 Å². The Hall–Kier alpha value is -0.370. The molecule has 0 radical (unpaired) electrons. The van der Waals surface area contributed by atoms with Crippen molar-refractivity contribution in [2.24, 2.45) is 0 Å². The van der Waals surface area contributed by atoms with E-state index in [-0.39, 0.29) is 5.82 Å². The quantitative estimate of drug-likeness (QED) is 0.637. The van der Waals surface area contributed by atoms with Gasteiger partial charge in [0, 0.05) is 4.47 Å². The third kappa shape index (κ3) is 1.18. The van der Waals surface area contributed by atoms with E-state index in [1.165, 1.54) is 11.1 Å². The molecule has 0 saturated heterocycles. The van der Waals surface area contributed by atoms with E-state index in [0.717, 1.165) is 17.3 Å². The molecule has 0 nitrogen and oxygen atoms in total. The van der Waals surface area contributed by atoms with Crippen LogP contribution in [0.2, 0.25) is 0 Å². The van der Waals surface area contributed by atoms with Gasteiger partial charge in [0.2, 0.25) is 0 Å². The summed E-state index contributed by atoms with van der Waals surface area (Å²) in [5.41, 5.74) is 2.48. The Morgan fingerprint density at radius 1 is 1.50 bits per heavy atom. The van der Waals surface area contributed by atoms with E-state index in [1.54, 1.807) is 12.1 Å². The zero-order valence-corrected chi connectivity index (χ0v) is 8.49. The SMILES string of the molecule is CC1CCc2c(Br)cc(F)cc21. The van der Waals surface area contributed by atoms with Gasteiger partial charge in [-0.1, -0.05) is 22.9 Å². The highest BCUT2D eigenvalue weighted by atomic mass is 79.9. The van der Waals surface area contributed by atoms with Crippen LogP contribution in [-0.4, -0.2) is 0 Å². The smallest absolute Gasteiger partial charge is 0.124 e. The van der Waals surface area contributed by atoms with Crippen LogP contribution >= 0.6 is 15.9 Å². The van der Waals surface area contributed by atoms with Crippen LogP contribution in [-0.2, 0) is 6.42 Å². The summed E-state index contributed by atoms with van der Waals surface area (Å²) in [6.45, 7) is 2.15. The van der Waals surface area contributed by atoms with Crippen molar-refractivity contribution in [2.75, 3.05) is 0 Å². The van der Waals surface area contributed by atoms with Gasteiger partial charge in [-0.2, -0.15) is 0 Å². The van der Waals surface area contributed by atoms with E-state index in [4.69, 9.17) is 0 Å². The first-order valence-electron chi connectivity index (χ1n) is 4.16. The monoisotopic (exact) mass is 228 g/mol. The van der Waals surface area contributed by atoms with Crippen molar-refractivity contribution in [1.82, 2.24) is 0 Å². The lowest BCUT2D eigenvalue weighted by Crippen LogP contribution is -1.89. The molecule has 1 unspecified atom stereocenters. The molecule has 0 bridgehead atoms. The Kier molecular flexibility index (Phi) is 1.95. The molecule has 0 heterocycles. The summed E-state index contributed by atoms with van der Waals surface area (Å²) < 4.78 is 13.9. The van der Waals surface area contributed by atoms with Crippen LogP contribution in [0.1, 0.15) is 30.4 Å². The van der Waals surface area contributed by atoms with E-state index in [9.17, 15) is 4.39 Å². The molecule has 2 heteroatoms. The molecule has 64 valence electrons. The van der Waals surface area contributed by atoms with Crippen LogP contribution in [0.15, 0.2) is 16.6 Å². The lowest BCUT2D eigenvalue weighted by Gasteiger charge is -2.05. The molecule has 1 aromatic rings. The molecule has 0 spiro atoms. The molecule has 1 atom stereocenters. The number of rotatable bonds is 0. The summed E-state index contributed by atoms with van der Waals surface area (Å²) >= 11 is 3.39. The number of fused-ring (bicyclic) bond motifs is 1. The number of hydrogen-bond acceptors (Lipinski definition) is 0. The van der Waals surface area contributed by atoms with Crippen molar-refractivity contribution in [3.8, 4) is 0 Å². The molecular weight excluding hydrogens is 219 g/mol. The van der Waals surface area contributed by atoms with Gasteiger partial charge in [0.05, 0.1) is 0 Å². The average Bonchev–Trinajstić information content (AvgIpc) is 2.33. The first-order chi connectivity index (χ1) is 5.68. The largest absolute Gasteiger partial charge is 0.207 e. The van der Waals surface area contributed by atoms with Crippen molar-refractivity contribution in [3.63, 3.8) is 0 Å².